The Hall–Kier alpha value is -3.30. The van der Waals surface area contributed by atoms with Crippen LogP contribution in [0.1, 0.15) is 42.6 Å². The predicted octanol–water partition coefficient (Wildman–Crippen LogP) is 4.78. The number of rotatable bonds is 10. The third kappa shape index (κ3) is 6.64. The van der Waals surface area contributed by atoms with Crippen molar-refractivity contribution in [2.24, 2.45) is 5.73 Å². The molecular weight excluding hydrogens is 493 g/mol. The van der Waals surface area contributed by atoms with Crippen molar-refractivity contribution in [2.45, 2.75) is 44.7 Å². The van der Waals surface area contributed by atoms with Crippen molar-refractivity contribution >= 4 is 40.7 Å². The minimum atomic E-state index is -1.32. The van der Waals surface area contributed by atoms with E-state index in [0.717, 1.165) is 10.4 Å². The average molecular weight is 518 g/mol. The normalized spacial score (nSPS) is 12.2. The van der Waals surface area contributed by atoms with Crippen molar-refractivity contribution in [3.63, 3.8) is 0 Å². The molecule has 3 aromatic rings. The zero-order valence-electron chi connectivity index (χ0n) is 19.2. The molecule has 3 rings (SSSR count). The van der Waals surface area contributed by atoms with E-state index in [9.17, 15) is 23.9 Å². The van der Waals surface area contributed by atoms with Crippen LogP contribution in [-0.2, 0) is 16.0 Å². The molecule has 0 radical (unpaired) electrons. The van der Waals surface area contributed by atoms with Crippen LogP contribution in [0.15, 0.2) is 54.7 Å². The first-order valence-electron chi connectivity index (χ1n) is 10.8. The lowest BCUT2D eigenvalue weighted by molar-refractivity contribution is -0.144. The SMILES string of the molecule is CC(C)(Cc1ccc(F)cc1)N(C(=O)c1ccc(-c2ccc(Cl)s2)nc1)[C@@H](CCC(N)=O)C(=O)O. The van der Waals surface area contributed by atoms with Crippen LogP contribution in [0.3, 0.4) is 0 Å². The third-order valence-corrected chi connectivity index (χ3v) is 6.77. The van der Waals surface area contributed by atoms with Gasteiger partial charge in [-0.25, -0.2) is 9.18 Å². The van der Waals surface area contributed by atoms with Crippen LogP contribution in [-0.4, -0.2) is 44.4 Å². The van der Waals surface area contributed by atoms with E-state index in [2.05, 4.69) is 4.98 Å². The van der Waals surface area contributed by atoms with Crippen LogP contribution in [0.25, 0.3) is 10.6 Å². The van der Waals surface area contributed by atoms with Gasteiger partial charge in [-0.2, -0.15) is 0 Å². The number of hydrogen-bond acceptors (Lipinski definition) is 5. The summed E-state index contributed by atoms with van der Waals surface area (Å²) < 4.78 is 14.0. The number of hydrogen-bond donors (Lipinski definition) is 2. The number of carboxylic acid groups (broad SMARTS) is 1. The molecule has 0 saturated carbocycles. The maximum absolute atomic E-state index is 13.7. The van der Waals surface area contributed by atoms with Crippen LogP contribution in [0.5, 0.6) is 0 Å². The van der Waals surface area contributed by atoms with E-state index in [1.165, 1.54) is 34.6 Å². The monoisotopic (exact) mass is 517 g/mol. The van der Waals surface area contributed by atoms with Gasteiger partial charge in [-0.1, -0.05) is 23.7 Å². The second-order valence-electron chi connectivity index (χ2n) is 8.69. The summed E-state index contributed by atoms with van der Waals surface area (Å²) >= 11 is 7.34. The number of pyridine rings is 1. The number of halogens is 2. The molecule has 184 valence electrons. The van der Waals surface area contributed by atoms with Crippen molar-refractivity contribution in [3.8, 4) is 10.6 Å². The molecule has 3 N–H and O–H groups in total. The molecule has 0 aliphatic rings. The van der Waals surface area contributed by atoms with Crippen LogP contribution in [0.4, 0.5) is 4.39 Å². The standard InChI is InChI=1S/C25H25ClFN3O4S/c1-25(2,13-15-3-6-17(27)7-4-15)30(19(24(33)34)9-12-22(28)31)23(32)16-5-8-18(29-14-16)20-10-11-21(26)35-20/h3-8,10-11,14,19H,9,12-13H2,1-2H3,(H2,28,31)(H,33,34)/t19-/m0/s1. The number of amides is 2. The summed E-state index contributed by atoms with van der Waals surface area (Å²) in [5.74, 6) is -2.88. The number of carbonyl (C=O) groups excluding carboxylic acids is 2. The Morgan fingerprint density at radius 2 is 1.83 bits per heavy atom. The molecule has 10 heteroatoms. The lowest BCUT2D eigenvalue weighted by atomic mass is 9.89. The third-order valence-electron chi connectivity index (χ3n) is 5.52. The lowest BCUT2D eigenvalue weighted by Crippen LogP contribution is -2.57. The number of primary amides is 1. The van der Waals surface area contributed by atoms with E-state index in [4.69, 9.17) is 17.3 Å². The molecule has 0 aliphatic heterocycles. The highest BCUT2D eigenvalue weighted by atomic mass is 35.5. The number of carboxylic acids is 1. The van der Waals surface area contributed by atoms with E-state index >= 15 is 0 Å². The van der Waals surface area contributed by atoms with Crippen LogP contribution in [0.2, 0.25) is 4.34 Å². The van der Waals surface area contributed by atoms with Gasteiger partial charge in [0.25, 0.3) is 5.91 Å². The van der Waals surface area contributed by atoms with Crippen molar-refractivity contribution in [2.75, 3.05) is 0 Å². The van der Waals surface area contributed by atoms with Gasteiger partial charge in [0.05, 0.1) is 20.5 Å². The molecular formula is C25H25ClFN3O4S. The summed E-state index contributed by atoms with van der Waals surface area (Å²) in [6.45, 7) is 3.45. The zero-order chi connectivity index (χ0) is 25.8. The molecule has 2 amide bonds. The highest BCUT2D eigenvalue weighted by Gasteiger charge is 2.40. The van der Waals surface area contributed by atoms with E-state index in [1.54, 1.807) is 44.2 Å². The second-order valence-corrected chi connectivity index (χ2v) is 10.4. The zero-order valence-corrected chi connectivity index (χ0v) is 20.8. The minimum absolute atomic E-state index is 0.150. The summed E-state index contributed by atoms with van der Waals surface area (Å²) in [5, 5.41) is 9.99. The summed E-state index contributed by atoms with van der Waals surface area (Å²) in [7, 11) is 0. The quantitative estimate of drug-likeness (QED) is 0.401. The Morgan fingerprint density at radius 1 is 1.14 bits per heavy atom. The van der Waals surface area contributed by atoms with E-state index in [1.807, 2.05) is 6.07 Å². The van der Waals surface area contributed by atoms with Crippen LogP contribution in [0, 0.1) is 5.82 Å². The van der Waals surface area contributed by atoms with Gasteiger partial charge in [-0.3, -0.25) is 14.6 Å². The van der Waals surface area contributed by atoms with Crippen LogP contribution >= 0.6 is 22.9 Å². The predicted molar refractivity (Wildman–Crippen MR) is 133 cm³/mol. The fourth-order valence-electron chi connectivity index (χ4n) is 3.92. The Labute approximate surface area is 211 Å². The smallest absolute Gasteiger partial charge is 0.326 e. The Balaban J connectivity index is 1.98. The molecule has 0 spiro atoms. The summed E-state index contributed by atoms with van der Waals surface area (Å²) in [4.78, 5) is 43.8. The van der Waals surface area contributed by atoms with E-state index in [-0.39, 0.29) is 24.8 Å². The number of nitrogens with two attached hydrogens (primary N) is 1. The van der Waals surface area contributed by atoms with E-state index < -0.39 is 35.2 Å². The lowest BCUT2D eigenvalue weighted by Gasteiger charge is -2.42. The number of nitrogens with zero attached hydrogens (tertiary/aromatic N) is 2. The number of thiophene rings is 1. The van der Waals surface area contributed by atoms with Gasteiger partial charge in [0.2, 0.25) is 5.91 Å². The number of benzene rings is 1. The largest absolute Gasteiger partial charge is 0.480 e. The number of aromatic nitrogens is 1. The van der Waals surface area contributed by atoms with Crippen LogP contribution < -0.4 is 5.73 Å². The Bertz CT molecular complexity index is 1210. The van der Waals surface area contributed by atoms with Crippen molar-refractivity contribution < 1.29 is 23.9 Å². The first kappa shape index (κ1) is 26.3. The van der Waals surface area contributed by atoms with Gasteiger partial charge < -0.3 is 15.7 Å². The molecule has 2 aromatic heterocycles. The fourth-order valence-corrected chi connectivity index (χ4v) is 4.94. The highest BCUT2D eigenvalue weighted by Crippen LogP contribution is 2.31. The van der Waals surface area contributed by atoms with Crippen molar-refractivity contribution in [1.82, 2.24) is 9.88 Å². The molecule has 1 aromatic carbocycles. The molecule has 0 saturated heterocycles. The molecule has 0 bridgehead atoms. The van der Waals surface area contributed by atoms with Gasteiger partial charge in [-0.05, 0) is 68.7 Å². The molecule has 0 aliphatic carbocycles. The summed E-state index contributed by atoms with van der Waals surface area (Å²) in [6.07, 6.45) is 1.28. The molecule has 2 heterocycles. The van der Waals surface area contributed by atoms with Gasteiger partial charge in [-0.15, -0.1) is 11.3 Å². The molecule has 1 atom stereocenters. The Morgan fingerprint density at radius 3 is 2.34 bits per heavy atom. The first-order valence-corrected chi connectivity index (χ1v) is 12.0. The maximum Gasteiger partial charge on any atom is 0.326 e. The van der Waals surface area contributed by atoms with Crippen molar-refractivity contribution in [3.05, 3.63) is 76.0 Å². The molecule has 7 nitrogen and oxygen atoms in total. The summed E-state index contributed by atoms with van der Waals surface area (Å²) in [5.41, 5.74) is 5.77. The minimum Gasteiger partial charge on any atom is -0.480 e. The average Bonchev–Trinajstić information content (AvgIpc) is 3.23. The first-order chi connectivity index (χ1) is 16.5. The van der Waals surface area contributed by atoms with Gasteiger partial charge in [0.15, 0.2) is 0 Å². The van der Waals surface area contributed by atoms with Gasteiger partial charge >= 0.3 is 5.97 Å². The summed E-state index contributed by atoms with van der Waals surface area (Å²) in [6, 6.07) is 11.3. The second kappa shape index (κ2) is 11.0. The topological polar surface area (TPSA) is 114 Å². The van der Waals surface area contributed by atoms with Crippen molar-refractivity contribution in [1.29, 1.82) is 0 Å². The fraction of sp³-hybridized carbons (Fsp3) is 0.280. The van der Waals surface area contributed by atoms with E-state index in [0.29, 0.717) is 10.0 Å². The molecule has 35 heavy (non-hydrogen) atoms. The number of aliphatic carboxylic acids is 1. The maximum atomic E-state index is 13.7. The highest BCUT2D eigenvalue weighted by molar-refractivity contribution is 7.19. The van der Waals surface area contributed by atoms with Gasteiger partial charge in [0.1, 0.15) is 11.9 Å². The molecule has 0 unspecified atom stereocenters. The van der Waals surface area contributed by atoms with Gasteiger partial charge in [0, 0.05) is 18.2 Å². The Kier molecular flexibility index (Phi) is 8.24. The molecule has 0 fully saturated rings. The number of carbonyl (C=O) groups is 3.